The van der Waals surface area contributed by atoms with Crippen LogP contribution in [0.1, 0.15) is 112 Å². The molecule has 0 saturated heterocycles. The molecule has 0 aliphatic rings. The lowest BCUT2D eigenvalue weighted by Crippen LogP contribution is -2.34. The summed E-state index contributed by atoms with van der Waals surface area (Å²) in [5.41, 5.74) is 26.7. The van der Waals surface area contributed by atoms with Crippen LogP contribution in [0.15, 0.2) is 195 Å². The smallest absolute Gasteiger partial charge is 0.243 e. The molecule has 0 amide bonds. The van der Waals surface area contributed by atoms with Crippen LogP contribution in [0.25, 0.3) is 89.2 Å². The average molecular weight is 1140 g/mol. The van der Waals surface area contributed by atoms with E-state index in [9.17, 15) is 0 Å². The molecule has 0 atom stereocenters. The minimum Gasteiger partial charge on any atom is -0.243 e. The SMILES string of the molecule is Cc1ccccc1-c1cnc2c(C(C)C)cccc2[n+]1C.Cc1ccccc1-c1cnc2c(CC(C)C)cccc2[n+]1C.Cc1ccccc1-c1cnc2ccc(C(C)C)cc2[n+]1C.Cc1ccccc1-c1nc(CC(C)C)c2ccccc2[n+]1C. The number of para-hydroxylation sites is 3. The van der Waals surface area contributed by atoms with Gasteiger partial charge < -0.3 is 0 Å². The van der Waals surface area contributed by atoms with Gasteiger partial charge >= 0.3 is 5.82 Å². The van der Waals surface area contributed by atoms with Crippen LogP contribution in [-0.4, -0.2) is 19.9 Å². The van der Waals surface area contributed by atoms with E-state index in [1.165, 1.54) is 94.3 Å². The van der Waals surface area contributed by atoms with Crippen LogP contribution in [0.3, 0.4) is 0 Å². The maximum atomic E-state index is 5.03. The van der Waals surface area contributed by atoms with Crippen molar-refractivity contribution in [1.29, 1.82) is 0 Å². The number of aromatic nitrogens is 8. The molecule has 0 saturated carbocycles. The topological polar surface area (TPSA) is 67.1 Å². The van der Waals surface area contributed by atoms with Crippen LogP contribution in [0.2, 0.25) is 0 Å². The highest BCUT2D eigenvalue weighted by Crippen LogP contribution is 2.29. The Kier molecular flexibility index (Phi) is 19.7. The van der Waals surface area contributed by atoms with Crippen LogP contribution in [-0.2, 0) is 41.0 Å². The molecule has 12 aromatic rings. The van der Waals surface area contributed by atoms with Crippen molar-refractivity contribution in [2.24, 2.45) is 40.0 Å². The normalized spacial score (nSPS) is 11.3. The van der Waals surface area contributed by atoms with Gasteiger partial charge in [-0.1, -0.05) is 171 Å². The molecule has 0 fully saturated rings. The second-order valence-electron chi connectivity index (χ2n) is 24.6. The first-order chi connectivity index (χ1) is 41.3. The van der Waals surface area contributed by atoms with Crippen molar-refractivity contribution >= 4 is 44.0 Å². The van der Waals surface area contributed by atoms with Crippen molar-refractivity contribution in [1.82, 2.24) is 19.9 Å². The number of nitrogens with zero attached hydrogens (tertiary/aromatic N) is 8. The standard InChI is InChI=1S/2C20H23N2.2C19H21N2/c1-14(2)13-18-17-11-7-8-12-19(17)22(4)20(21-18)16-10-6-5-9-15(16)3;1-14(2)12-16-9-7-11-18-20(16)21-13-19(22(18)4)17-10-6-5-8-15(17)3;1-13(2)15-10-7-11-17-19(15)20-12-18(21(17)4)16-9-6-5-8-14(16)3;1-13(2)15-9-10-17-18(11-15)21(4)19(12-20-17)16-8-6-5-7-14(16)3/h5-12,14H,13H2,1-4H3;5-11,13-14H,12H2,1-4H3;2*5-13H,1-4H3/q4*+1. The molecule has 8 aromatic carbocycles. The minimum atomic E-state index is 0.477. The van der Waals surface area contributed by atoms with Gasteiger partial charge in [0.05, 0.1) is 34.7 Å². The zero-order valence-electron chi connectivity index (χ0n) is 53.8. The van der Waals surface area contributed by atoms with Gasteiger partial charge in [-0.15, -0.1) is 0 Å². The number of benzene rings is 8. The highest BCUT2D eigenvalue weighted by Gasteiger charge is 2.24. The molecular weight excluding hydrogens is 1050 g/mol. The first-order valence-corrected chi connectivity index (χ1v) is 30.7. The van der Waals surface area contributed by atoms with Gasteiger partial charge in [-0.2, -0.15) is 13.7 Å². The maximum Gasteiger partial charge on any atom is 0.331 e. The summed E-state index contributed by atoms with van der Waals surface area (Å²) >= 11 is 0. The molecule has 8 nitrogen and oxygen atoms in total. The van der Waals surface area contributed by atoms with Crippen LogP contribution in [0.4, 0.5) is 0 Å². The number of rotatable bonds is 10. The lowest BCUT2D eigenvalue weighted by atomic mass is 10.0. The van der Waals surface area contributed by atoms with E-state index in [1.807, 2.05) is 18.6 Å². The Morgan fingerprint density at radius 2 is 0.814 bits per heavy atom. The third-order valence-corrected chi connectivity index (χ3v) is 16.6. The Bertz CT molecular complexity index is 4290. The van der Waals surface area contributed by atoms with Crippen LogP contribution in [0, 0.1) is 39.5 Å². The van der Waals surface area contributed by atoms with Crippen LogP contribution < -0.4 is 18.3 Å². The lowest BCUT2D eigenvalue weighted by molar-refractivity contribution is -0.636. The molecule has 0 radical (unpaired) electrons. The molecule has 0 N–H and O–H groups in total. The first-order valence-electron chi connectivity index (χ1n) is 30.7. The van der Waals surface area contributed by atoms with Crippen molar-refractivity contribution in [2.75, 3.05) is 0 Å². The molecule has 4 aromatic heterocycles. The van der Waals surface area contributed by atoms with Gasteiger partial charge in [-0.05, 0) is 144 Å². The quantitative estimate of drug-likeness (QED) is 0.128. The molecule has 12 rings (SSSR count). The minimum absolute atomic E-state index is 0.477. The largest absolute Gasteiger partial charge is 0.331 e. The Labute approximate surface area is 511 Å². The summed E-state index contributed by atoms with van der Waals surface area (Å²) in [4.78, 5) is 19.2. The van der Waals surface area contributed by atoms with E-state index in [2.05, 4.69) is 310 Å². The molecule has 0 bridgehead atoms. The monoisotopic (exact) mass is 1140 g/mol. The fourth-order valence-electron chi connectivity index (χ4n) is 11.7. The van der Waals surface area contributed by atoms with Gasteiger partial charge in [0.15, 0.2) is 5.69 Å². The van der Waals surface area contributed by atoms with Gasteiger partial charge in [0, 0.05) is 24.6 Å². The second-order valence-corrected chi connectivity index (χ2v) is 24.6. The molecule has 0 aliphatic carbocycles. The Hall–Kier alpha value is -8.88. The van der Waals surface area contributed by atoms with Gasteiger partial charge in [0.25, 0.3) is 0 Å². The highest BCUT2D eigenvalue weighted by atomic mass is 15.0. The van der Waals surface area contributed by atoms with Crippen molar-refractivity contribution in [3.8, 4) is 45.2 Å². The molecule has 0 aliphatic heterocycles. The van der Waals surface area contributed by atoms with Gasteiger partial charge in [-0.25, -0.2) is 19.5 Å². The zero-order chi connectivity index (χ0) is 61.3. The molecular formula is C78H88N8+4. The number of hydrogen-bond donors (Lipinski definition) is 0. The van der Waals surface area contributed by atoms with E-state index >= 15 is 0 Å². The summed E-state index contributed by atoms with van der Waals surface area (Å²) in [7, 11) is 8.48. The lowest BCUT2D eigenvalue weighted by Gasteiger charge is -2.10. The summed E-state index contributed by atoms with van der Waals surface area (Å²) in [6.07, 6.45) is 8.04. The average Bonchev–Trinajstić information content (AvgIpc) is 2.73. The molecule has 4 heterocycles. The number of aryl methyl sites for hydroxylation is 8. The van der Waals surface area contributed by atoms with Crippen molar-refractivity contribution < 1.29 is 18.3 Å². The fourth-order valence-corrected chi connectivity index (χ4v) is 11.7. The zero-order valence-corrected chi connectivity index (χ0v) is 53.8. The third kappa shape index (κ3) is 13.6. The Balaban J connectivity index is 0.000000137. The molecule has 8 heteroatoms. The third-order valence-electron chi connectivity index (χ3n) is 16.6. The summed E-state index contributed by atoms with van der Waals surface area (Å²) in [6.45, 7) is 26.4. The number of hydrogen-bond acceptors (Lipinski definition) is 4. The Morgan fingerprint density at radius 1 is 0.372 bits per heavy atom. The van der Waals surface area contributed by atoms with E-state index in [1.54, 1.807) is 0 Å². The summed E-state index contributed by atoms with van der Waals surface area (Å²) in [5, 5.41) is 1.26. The summed E-state index contributed by atoms with van der Waals surface area (Å²) in [5.74, 6) is 3.27. The second kappa shape index (κ2) is 27.4. The van der Waals surface area contributed by atoms with E-state index in [4.69, 9.17) is 15.0 Å². The van der Waals surface area contributed by atoms with E-state index in [0.717, 1.165) is 52.3 Å². The maximum absolute atomic E-state index is 5.03. The van der Waals surface area contributed by atoms with Gasteiger partial charge in [0.1, 0.15) is 61.8 Å². The summed E-state index contributed by atoms with van der Waals surface area (Å²) in [6, 6.07) is 61.9. The van der Waals surface area contributed by atoms with E-state index in [-0.39, 0.29) is 0 Å². The molecule has 0 unspecified atom stereocenters. The van der Waals surface area contributed by atoms with Crippen LogP contribution >= 0.6 is 0 Å². The van der Waals surface area contributed by atoms with Crippen molar-refractivity contribution in [3.63, 3.8) is 0 Å². The molecule has 86 heavy (non-hydrogen) atoms. The van der Waals surface area contributed by atoms with Gasteiger partial charge in [-0.3, -0.25) is 0 Å². The van der Waals surface area contributed by atoms with Gasteiger partial charge in [0.2, 0.25) is 33.6 Å². The predicted octanol–water partition coefficient (Wildman–Crippen LogP) is 16.8. The highest BCUT2D eigenvalue weighted by molar-refractivity contribution is 5.81. The molecule has 436 valence electrons. The van der Waals surface area contributed by atoms with Crippen LogP contribution in [0.5, 0.6) is 0 Å². The predicted molar refractivity (Wildman–Crippen MR) is 358 cm³/mol. The number of fused-ring (bicyclic) bond motifs is 4. The summed E-state index contributed by atoms with van der Waals surface area (Å²) < 4.78 is 8.96. The van der Waals surface area contributed by atoms with E-state index < -0.39 is 0 Å². The molecule has 0 spiro atoms. The first kappa shape index (κ1) is 61.7. The van der Waals surface area contributed by atoms with Crippen molar-refractivity contribution in [3.05, 3.63) is 239 Å². The van der Waals surface area contributed by atoms with E-state index in [0.29, 0.717) is 23.7 Å². The Morgan fingerprint density at radius 3 is 1.33 bits per heavy atom. The van der Waals surface area contributed by atoms with Crippen molar-refractivity contribution in [2.45, 2.75) is 108 Å². The fraction of sp³-hybridized carbons (Fsp3) is 0.282.